The number of ether oxygens (including phenoxy) is 1. The monoisotopic (exact) mass is 323 g/mol. The van der Waals surface area contributed by atoms with Gasteiger partial charge in [0.1, 0.15) is 12.4 Å². The molecule has 122 valence electrons. The minimum Gasteiger partial charge on any atom is -0.486 e. The summed E-state index contributed by atoms with van der Waals surface area (Å²) in [6, 6.07) is 13.2. The van der Waals surface area contributed by atoms with Crippen molar-refractivity contribution in [2.24, 2.45) is 0 Å². The third-order valence-electron chi connectivity index (χ3n) is 3.23. The van der Waals surface area contributed by atoms with Crippen molar-refractivity contribution >= 4 is 5.91 Å². The summed E-state index contributed by atoms with van der Waals surface area (Å²) in [5, 5.41) is 9.62. The molecule has 7 nitrogen and oxygen atoms in total. The predicted octanol–water partition coefficient (Wildman–Crippen LogP) is 1.64. The number of carbonyl (C=O) groups is 1. The number of carbonyl (C=O) groups excluding carboxylic acids is 1. The molecule has 3 rings (SSSR count). The molecular formula is C17H17N5O2. The summed E-state index contributed by atoms with van der Waals surface area (Å²) in [4.78, 5) is 20.2. The Hall–Kier alpha value is -3.22. The zero-order chi connectivity index (χ0) is 16.6. The van der Waals surface area contributed by atoms with Crippen molar-refractivity contribution in [1.29, 1.82) is 0 Å². The molecule has 0 aliphatic heterocycles. The summed E-state index contributed by atoms with van der Waals surface area (Å²) in [5.41, 5.74) is 0.942. The second kappa shape index (κ2) is 7.87. The van der Waals surface area contributed by atoms with E-state index in [1.165, 1.54) is 0 Å². The first-order valence-electron chi connectivity index (χ1n) is 7.53. The highest BCUT2D eigenvalue weighted by molar-refractivity contribution is 5.77. The van der Waals surface area contributed by atoms with Crippen molar-refractivity contribution < 1.29 is 9.53 Å². The van der Waals surface area contributed by atoms with Crippen molar-refractivity contribution in [2.45, 2.75) is 19.6 Å². The molecule has 0 saturated heterocycles. The topological polar surface area (TPSA) is 92.8 Å². The molecule has 1 aromatic carbocycles. The van der Waals surface area contributed by atoms with Gasteiger partial charge in [0.05, 0.1) is 6.42 Å². The van der Waals surface area contributed by atoms with Crippen molar-refractivity contribution in [3.63, 3.8) is 0 Å². The van der Waals surface area contributed by atoms with E-state index in [0.717, 1.165) is 11.3 Å². The van der Waals surface area contributed by atoms with E-state index in [4.69, 9.17) is 4.74 Å². The molecule has 0 unspecified atom stereocenters. The number of amides is 1. The van der Waals surface area contributed by atoms with Gasteiger partial charge in [0.25, 0.3) is 0 Å². The molecule has 0 aliphatic carbocycles. The van der Waals surface area contributed by atoms with Gasteiger partial charge in [0, 0.05) is 18.9 Å². The fourth-order valence-corrected chi connectivity index (χ4v) is 2.06. The molecule has 2 heterocycles. The van der Waals surface area contributed by atoms with E-state index in [1.807, 2.05) is 42.5 Å². The first-order chi connectivity index (χ1) is 11.8. The van der Waals surface area contributed by atoms with Gasteiger partial charge in [-0.2, -0.15) is 5.10 Å². The van der Waals surface area contributed by atoms with E-state index in [0.29, 0.717) is 18.2 Å². The molecule has 7 heteroatoms. The van der Waals surface area contributed by atoms with Gasteiger partial charge >= 0.3 is 0 Å². The van der Waals surface area contributed by atoms with Crippen molar-refractivity contribution in [2.75, 3.05) is 0 Å². The number of aromatic nitrogens is 4. The molecule has 2 N–H and O–H groups in total. The summed E-state index contributed by atoms with van der Waals surface area (Å²) in [7, 11) is 0. The van der Waals surface area contributed by atoms with E-state index in [9.17, 15) is 4.79 Å². The lowest BCUT2D eigenvalue weighted by Crippen LogP contribution is -2.25. The highest BCUT2D eigenvalue weighted by Gasteiger charge is 2.09. The minimum absolute atomic E-state index is 0.113. The van der Waals surface area contributed by atoms with Crippen molar-refractivity contribution in [3.8, 4) is 5.75 Å². The van der Waals surface area contributed by atoms with Gasteiger partial charge in [-0.05, 0) is 23.8 Å². The van der Waals surface area contributed by atoms with Crippen LogP contribution in [0.1, 0.15) is 17.2 Å². The molecule has 1 amide bonds. The maximum Gasteiger partial charge on any atom is 0.228 e. The Morgan fingerprint density at radius 1 is 1.17 bits per heavy atom. The summed E-state index contributed by atoms with van der Waals surface area (Å²) >= 11 is 0. The Labute approximate surface area is 139 Å². The van der Waals surface area contributed by atoms with Crippen LogP contribution in [-0.4, -0.2) is 26.1 Å². The maximum atomic E-state index is 11.9. The summed E-state index contributed by atoms with van der Waals surface area (Å²) in [6.45, 7) is 0.704. The first kappa shape index (κ1) is 15.7. The van der Waals surface area contributed by atoms with Crippen LogP contribution in [-0.2, 0) is 24.4 Å². The lowest BCUT2D eigenvalue weighted by molar-refractivity contribution is -0.120. The van der Waals surface area contributed by atoms with Gasteiger partial charge < -0.3 is 10.1 Å². The molecule has 24 heavy (non-hydrogen) atoms. The molecule has 0 fully saturated rings. The lowest BCUT2D eigenvalue weighted by Gasteiger charge is -2.03. The van der Waals surface area contributed by atoms with Gasteiger partial charge in [0.2, 0.25) is 5.91 Å². The smallest absolute Gasteiger partial charge is 0.228 e. The van der Waals surface area contributed by atoms with E-state index in [1.54, 1.807) is 12.4 Å². The van der Waals surface area contributed by atoms with E-state index < -0.39 is 0 Å². The van der Waals surface area contributed by atoms with E-state index in [-0.39, 0.29) is 18.9 Å². The predicted molar refractivity (Wildman–Crippen MR) is 86.9 cm³/mol. The molecule has 0 bridgehead atoms. The number of rotatable bonds is 7. The second-order valence-corrected chi connectivity index (χ2v) is 5.11. The van der Waals surface area contributed by atoms with Crippen LogP contribution in [0.25, 0.3) is 0 Å². The van der Waals surface area contributed by atoms with Crippen LogP contribution in [0.3, 0.4) is 0 Å². The van der Waals surface area contributed by atoms with Crippen LogP contribution in [0.15, 0.2) is 54.9 Å². The molecule has 0 aliphatic rings. The molecule has 2 aromatic heterocycles. The third-order valence-corrected chi connectivity index (χ3v) is 3.23. The standard InChI is InChI=1S/C17H17N5O2/c23-17(19-11-13-5-4-8-18-10-13)9-15-20-16(22-21-15)12-24-14-6-2-1-3-7-14/h1-8,10H,9,11-12H2,(H,19,23)(H,20,21,22). The van der Waals surface area contributed by atoms with Gasteiger partial charge in [-0.15, -0.1) is 0 Å². The number of hydrogen-bond donors (Lipinski definition) is 2. The van der Waals surface area contributed by atoms with Crippen molar-refractivity contribution in [1.82, 2.24) is 25.5 Å². The molecule has 0 saturated carbocycles. The number of aromatic amines is 1. The quantitative estimate of drug-likeness (QED) is 0.689. The average Bonchev–Trinajstić information content (AvgIpc) is 3.07. The van der Waals surface area contributed by atoms with Crippen LogP contribution in [0.2, 0.25) is 0 Å². The Morgan fingerprint density at radius 3 is 2.83 bits per heavy atom. The summed E-state index contributed by atoms with van der Waals surface area (Å²) in [6.07, 6.45) is 3.52. The van der Waals surface area contributed by atoms with Crippen molar-refractivity contribution in [3.05, 3.63) is 72.1 Å². The fraction of sp³-hybridized carbons (Fsp3) is 0.176. The Balaban J connectivity index is 1.46. The Kier molecular flexibility index (Phi) is 5.14. The average molecular weight is 323 g/mol. The zero-order valence-electron chi connectivity index (χ0n) is 13.0. The number of nitrogens with zero attached hydrogens (tertiary/aromatic N) is 3. The number of para-hydroxylation sites is 1. The fourth-order valence-electron chi connectivity index (χ4n) is 2.06. The molecule has 3 aromatic rings. The van der Waals surface area contributed by atoms with E-state index in [2.05, 4.69) is 25.5 Å². The summed E-state index contributed by atoms with van der Waals surface area (Å²) < 4.78 is 5.57. The van der Waals surface area contributed by atoms with Crippen LogP contribution in [0.5, 0.6) is 5.75 Å². The second-order valence-electron chi connectivity index (χ2n) is 5.11. The summed E-state index contributed by atoms with van der Waals surface area (Å²) in [5.74, 6) is 1.62. The number of hydrogen-bond acceptors (Lipinski definition) is 5. The van der Waals surface area contributed by atoms with Crippen LogP contribution < -0.4 is 10.1 Å². The number of benzene rings is 1. The third kappa shape index (κ3) is 4.64. The number of H-pyrrole nitrogens is 1. The van der Waals surface area contributed by atoms with Gasteiger partial charge in [-0.3, -0.25) is 14.9 Å². The zero-order valence-corrected chi connectivity index (χ0v) is 13.0. The minimum atomic E-state index is -0.145. The lowest BCUT2D eigenvalue weighted by atomic mass is 10.3. The van der Waals surface area contributed by atoms with Crippen LogP contribution in [0.4, 0.5) is 0 Å². The normalized spacial score (nSPS) is 10.3. The van der Waals surface area contributed by atoms with Gasteiger partial charge in [0.15, 0.2) is 11.6 Å². The highest BCUT2D eigenvalue weighted by Crippen LogP contribution is 2.10. The number of pyridine rings is 1. The highest BCUT2D eigenvalue weighted by atomic mass is 16.5. The van der Waals surface area contributed by atoms with Gasteiger partial charge in [-0.25, -0.2) is 4.98 Å². The Morgan fingerprint density at radius 2 is 2.04 bits per heavy atom. The SMILES string of the molecule is O=C(Cc1n[nH]c(COc2ccccc2)n1)NCc1cccnc1. The molecule has 0 radical (unpaired) electrons. The molecule has 0 spiro atoms. The van der Waals surface area contributed by atoms with Crippen LogP contribution in [0, 0.1) is 0 Å². The molecule has 0 atom stereocenters. The molecular weight excluding hydrogens is 306 g/mol. The largest absolute Gasteiger partial charge is 0.486 e. The van der Waals surface area contributed by atoms with E-state index >= 15 is 0 Å². The Bertz CT molecular complexity index is 774. The maximum absolute atomic E-state index is 11.9. The number of nitrogens with one attached hydrogen (secondary N) is 2. The van der Waals surface area contributed by atoms with Gasteiger partial charge in [-0.1, -0.05) is 24.3 Å². The van der Waals surface area contributed by atoms with Crippen LogP contribution >= 0.6 is 0 Å². The first-order valence-corrected chi connectivity index (χ1v) is 7.53.